The molecule has 138 valence electrons. The average Bonchev–Trinajstić information content (AvgIpc) is 2.69. The minimum atomic E-state index is -0.0396. The van der Waals surface area contributed by atoms with Gasteiger partial charge in [-0.3, -0.25) is 9.59 Å². The van der Waals surface area contributed by atoms with Crippen LogP contribution in [0, 0.1) is 23.2 Å². The Morgan fingerprint density at radius 1 is 1.00 bits per heavy atom. The molecule has 2 aliphatic rings. The first-order valence-corrected chi connectivity index (χ1v) is 9.35. The van der Waals surface area contributed by atoms with Gasteiger partial charge in [0, 0.05) is 43.7 Å². The summed E-state index contributed by atoms with van der Waals surface area (Å²) in [5.74, 6) is 0.309. The van der Waals surface area contributed by atoms with Crippen LogP contribution >= 0.6 is 0 Å². The molecule has 6 heteroatoms. The summed E-state index contributed by atoms with van der Waals surface area (Å²) >= 11 is 0. The van der Waals surface area contributed by atoms with Crippen LogP contribution in [0.5, 0.6) is 0 Å². The lowest BCUT2D eigenvalue weighted by Crippen LogP contribution is -2.49. The first-order chi connectivity index (χ1) is 12.6. The maximum absolute atomic E-state index is 12.7. The highest BCUT2D eigenvalue weighted by molar-refractivity contribution is 5.92. The molecule has 26 heavy (non-hydrogen) atoms. The highest BCUT2D eigenvalue weighted by Gasteiger charge is 2.32. The van der Waals surface area contributed by atoms with E-state index in [1.54, 1.807) is 24.3 Å². The van der Waals surface area contributed by atoms with Gasteiger partial charge in [0.1, 0.15) is 0 Å². The molecule has 2 amide bonds. The Morgan fingerprint density at radius 2 is 1.58 bits per heavy atom. The molecular formula is C20H26N4O2. The van der Waals surface area contributed by atoms with Crippen molar-refractivity contribution < 1.29 is 9.59 Å². The lowest BCUT2D eigenvalue weighted by atomic mass is 9.80. The Labute approximate surface area is 154 Å². The third-order valence-electron chi connectivity index (χ3n) is 5.54. The fraction of sp³-hybridized carbons (Fsp3) is 0.550. The second kappa shape index (κ2) is 8.33. The predicted octanol–water partition coefficient (Wildman–Crippen LogP) is 2.08. The number of carbonyl (C=O) groups excluding carboxylic acids is 2. The van der Waals surface area contributed by atoms with Gasteiger partial charge in [0.25, 0.3) is 0 Å². The maximum Gasteiger partial charge on any atom is 0.227 e. The fourth-order valence-electron chi connectivity index (χ4n) is 3.76. The van der Waals surface area contributed by atoms with E-state index < -0.39 is 0 Å². The van der Waals surface area contributed by atoms with Crippen LogP contribution in [0.25, 0.3) is 0 Å². The van der Waals surface area contributed by atoms with Crippen molar-refractivity contribution in [3.63, 3.8) is 0 Å². The van der Waals surface area contributed by atoms with Crippen LogP contribution in [0.1, 0.15) is 31.2 Å². The Bertz CT molecular complexity index is 679. The van der Waals surface area contributed by atoms with Crippen molar-refractivity contribution in [2.75, 3.05) is 38.5 Å². The standard InChI is InChI=1S/C20H26N4O2/c1-23-10-12-24(13-11-23)20(26)17-6-4-16(5-7-17)19(25)22-18-8-2-15(14-21)3-9-18/h2-3,8-9,16-17H,4-7,10-13H2,1H3,(H,22,25). The molecule has 1 aliphatic carbocycles. The molecule has 1 N–H and O–H groups in total. The van der Waals surface area contributed by atoms with Crippen molar-refractivity contribution in [1.82, 2.24) is 9.80 Å². The van der Waals surface area contributed by atoms with Gasteiger partial charge in [0.05, 0.1) is 11.6 Å². The number of nitriles is 1. The molecule has 1 aromatic rings. The van der Waals surface area contributed by atoms with Gasteiger partial charge in [-0.1, -0.05) is 0 Å². The van der Waals surface area contributed by atoms with E-state index in [-0.39, 0.29) is 23.7 Å². The Hall–Kier alpha value is -2.39. The van der Waals surface area contributed by atoms with Gasteiger partial charge in [-0.05, 0) is 57.0 Å². The van der Waals surface area contributed by atoms with Gasteiger partial charge in [-0.25, -0.2) is 0 Å². The van der Waals surface area contributed by atoms with Crippen molar-refractivity contribution in [2.24, 2.45) is 11.8 Å². The van der Waals surface area contributed by atoms with Crippen LogP contribution in [0.3, 0.4) is 0 Å². The zero-order chi connectivity index (χ0) is 18.5. The number of hydrogen-bond donors (Lipinski definition) is 1. The largest absolute Gasteiger partial charge is 0.340 e. The number of piperazine rings is 1. The Kier molecular flexibility index (Phi) is 5.89. The molecule has 3 rings (SSSR count). The normalized spacial score (nSPS) is 23.9. The predicted molar refractivity (Wildman–Crippen MR) is 99.3 cm³/mol. The summed E-state index contributed by atoms with van der Waals surface area (Å²) in [5.41, 5.74) is 1.29. The number of rotatable bonds is 3. The summed E-state index contributed by atoms with van der Waals surface area (Å²) in [6.45, 7) is 3.51. The number of nitrogens with zero attached hydrogens (tertiary/aromatic N) is 3. The lowest BCUT2D eigenvalue weighted by molar-refractivity contribution is -0.139. The van der Waals surface area contributed by atoms with Crippen molar-refractivity contribution in [3.05, 3.63) is 29.8 Å². The first kappa shape index (κ1) is 18.4. The molecule has 0 aromatic heterocycles. The second-order valence-electron chi connectivity index (χ2n) is 7.36. The zero-order valence-corrected chi connectivity index (χ0v) is 15.3. The topological polar surface area (TPSA) is 76.4 Å². The third-order valence-corrected chi connectivity index (χ3v) is 5.54. The highest BCUT2D eigenvalue weighted by atomic mass is 16.2. The number of likely N-dealkylation sites (N-methyl/N-ethyl adjacent to an activating group) is 1. The van der Waals surface area contributed by atoms with E-state index >= 15 is 0 Å². The first-order valence-electron chi connectivity index (χ1n) is 9.35. The molecule has 2 fully saturated rings. The van der Waals surface area contributed by atoms with Crippen molar-refractivity contribution in [3.8, 4) is 6.07 Å². The van der Waals surface area contributed by atoms with E-state index in [4.69, 9.17) is 5.26 Å². The number of nitrogens with one attached hydrogen (secondary N) is 1. The van der Waals surface area contributed by atoms with Gasteiger partial charge in [-0.2, -0.15) is 5.26 Å². The molecule has 1 saturated heterocycles. The number of benzene rings is 1. The Morgan fingerprint density at radius 3 is 2.15 bits per heavy atom. The molecule has 1 aliphatic heterocycles. The highest BCUT2D eigenvalue weighted by Crippen LogP contribution is 2.31. The minimum Gasteiger partial charge on any atom is -0.340 e. The maximum atomic E-state index is 12.7. The summed E-state index contributed by atoms with van der Waals surface area (Å²) in [5, 5.41) is 11.7. The SMILES string of the molecule is CN1CCN(C(=O)C2CCC(C(=O)Nc3ccc(C#N)cc3)CC2)CC1. The quantitative estimate of drug-likeness (QED) is 0.902. The van der Waals surface area contributed by atoms with Crippen LogP contribution in [0.2, 0.25) is 0 Å². The molecule has 0 spiro atoms. The third kappa shape index (κ3) is 4.41. The van der Waals surface area contributed by atoms with E-state index in [0.717, 1.165) is 51.9 Å². The van der Waals surface area contributed by atoms with Gasteiger partial charge >= 0.3 is 0 Å². The van der Waals surface area contributed by atoms with Crippen molar-refractivity contribution in [1.29, 1.82) is 5.26 Å². The molecule has 0 radical (unpaired) electrons. The molecule has 0 atom stereocenters. The van der Waals surface area contributed by atoms with Gasteiger partial charge in [0.2, 0.25) is 11.8 Å². The van der Waals surface area contributed by atoms with Gasteiger partial charge in [-0.15, -0.1) is 0 Å². The van der Waals surface area contributed by atoms with Crippen molar-refractivity contribution >= 4 is 17.5 Å². The minimum absolute atomic E-state index is 0.0141. The zero-order valence-electron chi connectivity index (χ0n) is 15.3. The molecule has 1 aromatic carbocycles. The molecule has 1 heterocycles. The van der Waals surface area contributed by atoms with Gasteiger partial charge in [0.15, 0.2) is 0 Å². The van der Waals surface area contributed by atoms with Gasteiger partial charge < -0.3 is 15.1 Å². The van der Waals surface area contributed by atoms with Crippen LogP contribution in [0.15, 0.2) is 24.3 Å². The number of anilines is 1. The lowest BCUT2D eigenvalue weighted by Gasteiger charge is -2.36. The number of amides is 2. The summed E-state index contributed by atoms with van der Waals surface area (Å²) in [7, 11) is 2.08. The summed E-state index contributed by atoms with van der Waals surface area (Å²) in [6, 6.07) is 8.95. The number of carbonyl (C=O) groups is 2. The van der Waals surface area contributed by atoms with E-state index in [1.165, 1.54) is 0 Å². The van der Waals surface area contributed by atoms with E-state index in [0.29, 0.717) is 11.3 Å². The summed E-state index contributed by atoms with van der Waals surface area (Å²) < 4.78 is 0. The average molecular weight is 354 g/mol. The van der Waals surface area contributed by atoms with E-state index in [9.17, 15) is 9.59 Å². The van der Waals surface area contributed by atoms with Crippen LogP contribution in [-0.2, 0) is 9.59 Å². The van der Waals surface area contributed by atoms with Crippen molar-refractivity contribution in [2.45, 2.75) is 25.7 Å². The number of hydrogen-bond acceptors (Lipinski definition) is 4. The second-order valence-corrected chi connectivity index (χ2v) is 7.36. The Balaban J connectivity index is 1.47. The molecular weight excluding hydrogens is 328 g/mol. The molecule has 1 saturated carbocycles. The molecule has 0 bridgehead atoms. The monoisotopic (exact) mass is 354 g/mol. The smallest absolute Gasteiger partial charge is 0.227 e. The summed E-state index contributed by atoms with van der Waals surface area (Å²) in [6.07, 6.45) is 3.09. The van der Waals surface area contributed by atoms with Crippen LogP contribution in [0.4, 0.5) is 5.69 Å². The van der Waals surface area contributed by atoms with Crippen LogP contribution < -0.4 is 5.32 Å². The van der Waals surface area contributed by atoms with E-state index in [1.807, 2.05) is 4.90 Å². The summed E-state index contributed by atoms with van der Waals surface area (Å²) in [4.78, 5) is 29.4. The van der Waals surface area contributed by atoms with E-state index in [2.05, 4.69) is 23.3 Å². The van der Waals surface area contributed by atoms with Crippen LogP contribution in [-0.4, -0.2) is 54.8 Å². The molecule has 6 nitrogen and oxygen atoms in total. The molecule has 0 unspecified atom stereocenters. The fourth-order valence-corrected chi connectivity index (χ4v) is 3.76.